The number of rotatable bonds is 5. The van der Waals surface area contributed by atoms with E-state index >= 15 is 0 Å². The van der Waals surface area contributed by atoms with Gasteiger partial charge in [-0.05, 0) is 25.2 Å². The first kappa shape index (κ1) is 8.57. The van der Waals surface area contributed by atoms with E-state index in [9.17, 15) is 4.79 Å². The fourth-order valence-corrected chi connectivity index (χ4v) is 1.35. The van der Waals surface area contributed by atoms with E-state index in [1.54, 1.807) is 0 Å². The topological polar surface area (TPSA) is 37.3 Å². The molecule has 1 rings (SSSR count). The molecule has 0 radical (unpaired) electrons. The van der Waals surface area contributed by atoms with Crippen molar-refractivity contribution < 1.29 is 9.90 Å². The Morgan fingerprint density at radius 3 is 2.64 bits per heavy atom. The van der Waals surface area contributed by atoms with Crippen LogP contribution in [0.25, 0.3) is 0 Å². The average molecular weight is 156 g/mol. The van der Waals surface area contributed by atoms with E-state index in [4.69, 9.17) is 5.11 Å². The molecule has 0 aromatic rings. The van der Waals surface area contributed by atoms with Crippen LogP contribution >= 0.6 is 0 Å². The molecular formula is C9H16O2. The van der Waals surface area contributed by atoms with Crippen LogP contribution in [0, 0.1) is 11.8 Å². The lowest BCUT2D eigenvalue weighted by Crippen LogP contribution is -2.12. The molecular weight excluding hydrogens is 140 g/mol. The number of carbonyl (C=O) groups is 1. The summed E-state index contributed by atoms with van der Waals surface area (Å²) >= 11 is 0. The Hall–Kier alpha value is -0.530. The summed E-state index contributed by atoms with van der Waals surface area (Å²) in [6, 6.07) is 0. The molecule has 1 fully saturated rings. The van der Waals surface area contributed by atoms with Crippen LogP contribution in [0.1, 0.15) is 39.0 Å². The van der Waals surface area contributed by atoms with Crippen LogP contribution in [-0.2, 0) is 4.79 Å². The van der Waals surface area contributed by atoms with Gasteiger partial charge in [-0.3, -0.25) is 4.79 Å². The van der Waals surface area contributed by atoms with Gasteiger partial charge in [-0.15, -0.1) is 0 Å². The average Bonchev–Trinajstić information content (AvgIpc) is 2.72. The molecule has 1 N–H and O–H groups in total. The van der Waals surface area contributed by atoms with Gasteiger partial charge in [-0.2, -0.15) is 0 Å². The van der Waals surface area contributed by atoms with Gasteiger partial charge in [0.25, 0.3) is 0 Å². The molecule has 2 nitrogen and oxygen atoms in total. The summed E-state index contributed by atoms with van der Waals surface area (Å²) < 4.78 is 0. The first-order chi connectivity index (χ1) is 5.24. The zero-order valence-electron chi connectivity index (χ0n) is 7.05. The highest BCUT2D eigenvalue weighted by molar-refractivity contribution is 5.69. The van der Waals surface area contributed by atoms with Gasteiger partial charge in [0.15, 0.2) is 0 Å². The van der Waals surface area contributed by atoms with Gasteiger partial charge in [0, 0.05) is 0 Å². The molecule has 0 heterocycles. The number of carboxylic acid groups (broad SMARTS) is 1. The van der Waals surface area contributed by atoms with Gasteiger partial charge in [-0.25, -0.2) is 0 Å². The van der Waals surface area contributed by atoms with Gasteiger partial charge in [0.2, 0.25) is 0 Å². The second-order valence-corrected chi connectivity index (χ2v) is 3.46. The van der Waals surface area contributed by atoms with Crippen molar-refractivity contribution in [3.63, 3.8) is 0 Å². The standard InChI is InChI=1S/C9H16O2/c1-2-8(9(10)11)6-5-7-3-4-7/h7-8H,2-6H2,1H3,(H,10,11). The molecule has 2 heteroatoms. The molecule has 1 atom stereocenters. The zero-order valence-corrected chi connectivity index (χ0v) is 7.05. The number of aliphatic carboxylic acids is 1. The van der Waals surface area contributed by atoms with E-state index in [0.717, 1.165) is 25.2 Å². The molecule has 11 heavy (non-hydrogen) atoms. The highest BCUT2D eigenvalue weighted by atomic mass is 16.4. The summed E-state index contributed by atoms with van der Waals surface area (Å²) in [6.07, 6.45) is 5.45. The third kappa shape index (κ3) is 2.91. The highest BCUT2D eigenvalue weighted by Crippen LogP contribution is 2.35. The van der Waals surface area contributed by atoms with Crippen LogP contribution in [0.4, 0.5) is 0 Å². The van der Waals surface area contributed by atoms with Gasteiger partial charge < -0.3 is 5.11 Å². The van der Waals surface area contributed by atoms with Gasteiger partial charge >= 0.3 is 5.97 Å². The van der Waals surface area contributed by atoms with Crippen LogP contribution in [0.15, 0.2) is 0 Å². The van der Waals surface area contributed by atoms with Crippen molar-refractivity contribution in [2.45, 2.75) is 39.0 Å². The lowest BCUT2D eigenvalue weighted by molar-refractivity contribution is -0.142. The van der Waals surface area contributed by atoms with Crippen molar-refractivity contribution in [3.8, 4) is 0 Å². The van der Waals surface area contributed by atoms with E-state index in [2.05, 4.69) is 0 Å². The Bertz CT molecular complexity index is 138. The molecule has 0 aromatic carbocycles. The summed E-state index contributed by atoms with van der Waals surface area (Å²) in [5.74, 6) is 0.159. The maximum absolute atomic E-state index is 10.6. The van der Waals surface area contributed by atoms with Crippen molar-refractivity contribution >= 4 is 5.97 Å². The van der Waals surface area contributed by atoms with E-state index in [-0.39, 0.29) is 5.92 Å². The van der Waals surface area contributed by atoms with Gasteiger partial charge in [0.05, 0.1) is 5.92 Å². The van der Waals surface area contributed by atoms with Crippen LogP contribution in [0.5, 0.6) is 0 Å². The van der Waals surface area contributed by atoms with Crippen molar-refractivity contribution in [1.82, 2.24) is 0 Å². The smallest absolute Gasteiger partial charge is 0.306 e. The number of hydrogen-bond acceptors (Lipinski definition) is 1. The Labute approximate surface area is 67.6 Å². The van der Waals surface area contributed by atoms with E-state index in [1.165, 1.54) is 12.8 Å². The first-order valence-electron chi connectivity index (χ1n) is 4.46. The third-order valence-corrected chi connectivity index (χ3v) is 2.46. The molecule has 1 aliphatic rings. The summed E-state index contributed by atoms with van der Waals surface area (Å²) in [7, 11) is 0. The van der Waals surface area contributed by atoms with Crippen LogP contribution in [0.2, 0.25) is 0 Å². The van der Waals surface area contributed by atoms with Crippen LogP contribution in [0.3, 0.4) is 0 Å². The fourth-order valence-electron chi connectivity index (χ4n) is 1.35. The molecule has 1 aliphatic carbocycles. The van der Waals surface area contributed by atoms with Crippen LogP contribution < -0.4 is 0 Å². The molecule has 0 aliphatic heterocycles. The van der Waals surface area contributed by atoms with Gasteiger partial charge in [0.1, 0.15) is 0 Å². The zero-order chi connectivity index (χ0) is 8.27. The Kier molecular flexibility index (Phi) is 2.92. The van der Waals surface area contributed by atoms with Crippen molar-refractivity contribution in [1.29, 1.82) is 0 Å². The summed E-state index contributed by atoms with van der Waals surface area (Å²) in [5.41, 5.74) is 0. The molecule has 0 spiro atoms. The maximum Gasteiger partial charge on any atom is 0.306 e. The molecule has 0 bridgehead atoms. The normalized spacial score (nSPS) is 19.7. The minimum Gasteiger partial charge on any atom is -0.481 e. The third-order valence-electron chi connectivity index (χ3n) is 2.46. The van der Waals surface area contributed by atoms with Crippen LogP contribution in [-0.4, -0.2) is 11.1 Å². The van der Waals surface area contributed by atoms with Crippen molar-refractivity contribution in [2.24, 2.45) is 11.8 Å². The monoisotopic (exact) mass is 156 g/mol. The number of hydrogen-bond donors (Lipinski definition) is 1. The second kappa shape index (κ2) is 3.74. The predicted octanol–water partition coefficient (Wildman–Crippen LogP) is 2.29. The molecule has 0 saturated heterocycles. The predicted molar refractivity (Wildman–Crippen MR) is 43.4 cm³/mol. The molecule has 0 amide bonds. The van der Waals surface area contributed by atoms with E-state index < -0.39 is 5.97 Å². The van der Waals surface area contributed by atoms with E-state index in [1.807, 2.05) is 6.92 Å². The molecule has 1 saturated carbocycles. The summed E-state index contributed by atoms with van der Waals surface area (Å²) in [5, 5.41) is 8.71. The first-order valence-corrected chi connectivity index (χ1v) is 4.46. The fraction of sp³-hybridized carbons (Fsp3) is 0.889. The summed E-state index contributed by atoms with van der Waals surface area (Å²) in [4.78, 5) is 10.6. The highest BCUT2D eigenvalue weighted by Gasteiger charge is 2.24. The minimum atomic E-state index is -0.617. The van der Waals surface area contributed by atoms with Crippen molar-refractivity contribution in [2.75, 3.05) is 0 Å². The number of carboxylic acids is 1. The Morgan fingerprint density at radius 2 is 2.27 bits per heavy atom. The molecule has 64 valence electrons. The SMILES string of the molecule is CCC(CCC1CC1)C(=O)O. The quantitative estimate of drug-likeness (QED) is 0.663. The van der Waals surface area contributed by atoms with Gasteiger partial charge in [-0.1, -0.05) is 19.8 Å². The second-order valence-electron chi connectivity index (χ2n) is 3.46. The largest absolute Gasteiger partial charge is 0.481 e. The minimum absolute atomic E-state index is 0.0874. The lowest BCUT2D eigenvalue weighted by atomic mass is 9.99. The maximum atomic E-state index is 10.6. The Balaban J connectivity index is 2.13. The summed E-state index contributed by atoms with van der Waals surface area (Å²) in [6.45, 7) is 1.95. The van der Waals surface area contributed by atoms with E-state index in [0.29, 0.717) is 0 Å². The van der Waals surface area contributed by atoms with Crippen molar-refractivity contribution in [3.05, 3.63) is 0 Å². The Morgan fingerprint density at radius 1 is 1.64 bits per heavy atom. The molecule has 1 unspecified atom stereocenters. The molecule has 0 aromatic heterocycles. The lowest BCUT2D eigenvalue weighted by Gasteiger charge is -2.07.